The molecule has 0 spiro atoms. The fourth-order valence-corrected chi connectivity index (χ4v) is 3.45. The minimum atomic E-state index is -3.89. The number of carbonyl (C=O) groups excluding carboxylic acids is 2. The standard InChI is InChI=1S/C21H26N2O5S/c1-4-14(2)19(16-9-6-5-7-10-16)21(25)28-15(3)20(24)23-17-11-8-12-18(13-17)29(22,26)27/h5-15,19H,4H2,1-3H3,(H,23,24)(H2,22,26,27)/t14-,15-,19+/m0/s1. The highest BCUT2D eigenvalue weighted by atomic mass is 32.2. The Balaban J connectivity index is 2.10. The maximum absolute atomic E-state index is 12.8. The van der Waals surface area contributed by atoms with E-state index in [1.807, 2.05) is 44.2 Å². The summed E-state index contributed by atoms with van der Waals surface area (Å²) in [6.45, 7) is 5.42. The van der Waals surface area contributed by atoms with E-state index >= 15 is 0 Å². The Kier molecular flexibility index (Phi) is 7.53. The summed E-state index contributed by atoms with van der Waals surface area (Å²) in [4.78, 5) is 25.1. The fraction of sp³-hybridized carbons (Fsp3) is 0.333. The molecule has 0 aliphatic heterocycles. The highest BCUT2D eigenvalue weighted by Crippen LogP contribution is 2.28. The normalized spacial score (nSPS) is 14.5. The van der Waals surface area contributed by atoms with E-state index in [-0.39, 0.29) is 16.5 Å². The molecule has 0 saturated carbocycles. The number of hydrogen-bond donors (Lipinski definition) is 2. The minimum absolute atomic E-state index is 0.0339. The Morgan fingerprint density at radius 3 is 2.31 bits per heavy atom. The van der Waals surface area contributed by atoms with E-state index in [2.05, 4.69) is 5.32 Å². The van der Waals surface area contributed by atoms with Crippen LogP contribution in [0.1, 0.15) is 38.7 Å². The molecular formula is C21H26N2O5S. The van der Waals surface area contributed by atoms with Gasteiger partial charge in [0.15, 0.2) is 6.10 Å². The molecule has 3 N–H and O–H groups in total. The van der Waals surface area contributed by atoms with Gasteiger partial charge >= 0.3 is 5.97 Å². The first-order valence-corrected chi connectivity index (χ1v) is 10.9. The Bertz CT molecular complexity index is 960. The van der Waals surface area contributed by atoms with Crippen LogP contribution in [0.2, 0.25) is 0 Å². The summed E-state index contributed by atoms with van der Waals surface area (Å²) in [5.74, 6) is -1.50. The molecule has 0 fully saturated rings. The molecule has 0 saturated heterocycles. The number of nitrogens with one attached hydrogen (secondary N) is 1. The second kappa shape index (κ2) is 9.67. The van der Waals surface area contributed by atoms with Gasteiger partial charge in [-0.25, -0.2) is 13.6 Å². The van der Waals surface area contributed by atoms with Crippen LogP contribution in [0.15, 0.2) is 59.5 Å². The van der Waals surface area contributed by atoms with E-state index in [0.717, 1.165) is 12.0 Å². The second-order valence-corrected chi connectivity index (χ2v) is 8.48. The van der Waals surface area contributed by atoms with E-state index in [9.17, 15) is 18.0 Å². The first kappa shape index (κ1) is 22.6. The molecule has 2 aromatic rings. The molecule has 0 unspecified atom stereocenters. The number of primary sulfonamides is 1. The molecule has 2 aromatic carbocycles. The third kappa shape index (κ3) is 6.13. The summed E-state index contributed by atoms with van der Waals surface area (Å²) in [5, 5.41) is 7.65. The van der Waals surface area contributed by atoms with Crippen molar-refractivity contribution in [2.24, 2.45) is 11.1 Å². The van der Waals surface area contributed by atoms with Gasteiger partial charge in [-0.2, -0.15) is 0 Å². The fourth-order valence-electron chi connectivity index (χ4n) is 2.89. The third-order valence-corrected chi connectivity index (χ3v) is 5.63. The van der Waals surface area contributed by atoms with Crippen LogP contribution in [0, 0.1) is 5.92 Å². The summed E-state index contributed by atoms with van der Waals surface area (Å²) < 4.78 is 28.3. The molecule has 2 rings (SSSR count). The lowest BCUT2D eigenvalue weighted by Crippen LogP contribution is -2.33. The van der Waals surface area contributed by atoms with Gasteiger partial charge in [-0.05, 0) is 36.6 Å². The van der Waals surface area contributed by atoms with Gasteiger partial charge < -0.3 is 10.1 Å². The molecule has 0 aliphatic rings. The molecule has 156 valence electrons. The van der Waals surface area contributed by atoms with Gasteiger partial charge in [0.05, 0.1) is 10.8 Å². The molecule has 0 radical (unpaired) electrons. The lowest BCUT2D eigenvalue weighted by Gasteiger charge is -2.24. The summed E-state index contributed by atoms with van der Waals surface area (Å²) in [5.41, 5.74) is 1.08. The molecule has 29 heavy (non-hydrogen) atoms. The highest BCUT2D eigenvalue weighted by Gasteiger charge is 2.30. The van der Waals surface area contributed by atoms with Crippen molar-refractivity contribution >= 4 is 27.6 Å². The number of hydrogen-bond acceptors (Lipinski definition) is 5. The molecule has 7 nitrogen and oxygen atoms in total. The number of rotatable bonds is 8. The van der Waals surface area contributed by atoms with E-state index < -0.39 is 33.9 Å². The lowest BCUT2D eigenvalue weighted by atomic mass is 9.85. The number of anilines is 1. The quantitative estimate of drug-likeness (QED) is 0.639. The first-order valence-electron chi connectivity index (χ1n) is 9.32. The molecule has 1 amide bonds. The van der Waals surface area contributed by atoms with Gasteiger partial charge in [0, 0.05) is 5.69 Å². The predicted octanol–water partition coefficient (Wildman–Crippen LogP) is 3.03. The zero-order chi connectivity index (χ0) is 21.6. The summed E-state index contributed by atoms with van der Waals surface area (Å²) in [6, 6.07) is 14.9. The number of sulfonamides is 1. The van der Waals surface area contributed by atoms with Crippen LogP contribution in [0.25, 0.3) is 0 Å². The van der Waals surface area contributed by atoms with Crippen molar-refractivity contribution in [2.45, 2.75) is 44.1 Å². The van der Waals surface area contributed by atoms with Crippen LogP contribution in [0.4, 0.5) is 5.69 Å². The number of esters is 1. The van der Waals surface area contributed by atoms with Gasteiger partial charge in [-0.15, -0.1) is 0 Å². The van der Waals surface area contributed by atoms with Crippen LogP contribution in [0.3, 0.4) is 0 Å². The smallest absolute Gasteiger partial charge is 0.314 e. The SMILES string of the molecule is CC[C@H](C)[C@@H](C(=O)O[C@@H](C)C(=O)Nc1cccc(S(N)(=O)=O)c1)c1ccccc1. The lowest BCUT2D eigenvalue weighted by molar-refractivity contribution is -0.155. The molecule has 3 atom stereocenters. The number of ether oxygens (including phenoxy) is 1. The van der Waals surface area contributed by atoms with Gasteiger partial charge in [-0.1, -0.05) is 56.7 Å². The summed E-state index contributed by atoms with van der Waals surface area (Å²) in [6.07, 6.45) is -0.286. The Morgan fingerprint density at radius 2 is 1.72 bits per heavy atom. The second-order valence-electron chi connectivity index (χ2n) is 6.92. The largest absolute Gasteiger partial charge is 0.452 e. The van der Waals surface area contributed by atoms with E-state index in [4.69, 9.17) is 9.88 Å². The number of carbonyl (C=O) groups is 2. The van der Waals surface area contributed by atoms with Gasteiger partial charge in [-0.3, -0.25) is 9.59 Å². The van der Waals surface area contributed by atoms with Gasteiger partial charge in [0.25, 0.3) is 5.91 Å². The average Bonchev–Trinajstić information content (AvgIpc) is 2.68. The predicted molar refractivity (Wildman–Crippen MR) is 111 cm³/mol. The average molecular weight is 419 g/mol. The van der Waals surface area contributed by atoms with Crippen LogP contribution in [-0.2, 0) is 24.3 Å². The van der Waals surface area contributed by atoms with Crippen molar-refractivity contribution < 1.29 is 22.7 Å². The zero-order valence-corrected chi connectivity index (χ0v) is 17.5. The van der Waals surface area contributed by atoms with E-state index in [1.54, 1.807) is 0 Å². The molecule has 8 heteroatoms. The third-order valence-electron chi connectivity index (χ3n) is 4.72. The molecular weight excluding hydrogens is 392 g/mol. The maximum Gasteiger partial charge on any atom is 0.314 e. The summed E-state index contributed by atoms with van der Waals surface area (Å²) >= 11 is 0. The van der Waals surface area contributed by atoms with Crippen molar-refractivity contribution in [2.75, 3.05) is 5.32 Å². The Labute approximate surface area is 171 Å². The van der Waals surface area contributed by atoms with Crippen molar-refractivity contribution in [3.05, 3.63) is 60.2 Å². The number of amides is 1. The van der Waals surface area contributed by atoms with E-state index in [1.165, 1.54) is 31.2 Å². The maximum atomic E-state index is 12.8. The molecule has 0 aromatic heterocycles. The van der Waals surface area contributed by atoms with Crippen molar-refractivity contribution in [1.29, 1.82) is 0 Å². The van der Waals surface area contributed by atoms with Crippen molar-refractivity contribution in [3.63, 3.8) is 0 Å². The first-order chi connectivity index (χ1) is 13.6. The van der Waals surface area contributed by atoms with E-state index in [0.29, 0.717) is 0 Å². The number of nitrogens with two attached hydrogens (primary N) is 1. The molecule has 0 aliphatic carbocycles. The van der Waals surface area contributed by atoms with Gasteiger partial charge in [0.1, 0.15) is 0 Å². The van der Waals surface area contributed by atoms with Crippen LogP contribution in [-0.4, -0.2) is 26.4 Å². The van der Waals surface area contributed by atoms with Crippen LogP contribution in [0.5, 0.6) is 0 Å². The van der Waals surface area contributed by atoms with Crippen LogP contribution < -0.4 is 10.5 Å². The molecule has 0 bridgehead atoms. The topological polar surface area (TPSA) is 116 Å². The monoisotopic (exact) mass is 418 g/mol. The minimum Gasteiger partial charge on any atom is -0.452 e. The summed E-state index contributed by atoms with van der Waals surface area (Å²) in [7, 11) is -3.89. The molecule has 0 heterocycles. The highest BCUT2D eigenvalue weighted by molar-refractivity contribution is 7.89. The van der Waals surface area contributed by atoms with Crippen molar-refractivity contribution in [1.82, 2.24) is 0 Å². The number of benzene rings is 2. The van der Waals surface area contributed by atoms with Crippen molar-refractivity contribution in [3.8, 4) is 0 Å². The Morgan fingerprint density at radius 1 is 1.07 bits per heavy atom. The van der Waals surface area contributed by atoms with Gasteiger partial charge in [0.2, 0.25) is 10.0 Å². The zero-order valence-electron chi connectivity index (χ0n) is 16.7. The Hall–Kier alpha value is -2.71. The van der Waals surface area contributed by atoms with Crippen LogP contribution >= 0.6 is 0 Å².